The Morgan fingerprint density at radius 1 is 1.04 bits per heavy atom. The van der Waals surface area contributed by atoms with Crippen molar-refractivity contribution in [2.75, 3.05) is 0 Å². The van der Waals surface area contributed by atoms with Crippen LogP contribution in [0.4, 0.5) is 0 Å². The van der Waals surface area contributed by atoms with Crippen molar-refractivity contribution >= 4 is 29.5 Å². The number of esters is 1. The third-order valence-electron chi connectivity index (χ3n) is 3.80. The number of rotatable bonds is 2. The van der Waals surface area contributed by atoms with Gasteiger partial charge >= 0.3 is 5.97 Å². The largest absolute Gasteiger partial charge is 0.402 e. The number of benzene rings is 2. The van der Waals surface area contributed by atoms with Gasteiger partial charge in [-0.3, -0.25) is 0 Å². The van der Waals surface area contributed by atoms with Gasteiger partial charge in [0, 0.05) is 0 Å². The van der Waals surface area contributed by atoms with Crippen LogP contribution in [-0.4, -0.2) is 11.9 Å². The molecule has 0 aromatic heterocycles. The molecule has 2 aromatic carbocycles. The molecule has 0 amide bonds. The Morgan fingerprint density at radius 2 is 1.71 bits per heavy atom. The zero-order chi connectivity index (χ0) is 17.3. The first kappa shape index (κ1) is 16.5. The van der Waals surface area contributed by atoms with E-state index in [1.165, 1.54) is 5.56 Å². The monoisotopic (exact) mass is 339 g/mol. The van der Waals surface area contributed by atoms with Gasteiger partial charge in [0.25, 0.3) is 0 Å². The molecule has 2 aromatic rings. The molecular formula is C20H18ClNO2. The first-order chi connectivity index (χ1) is 11.3. The Bertz CT molecular complexity index is 843. The highest BCUT2D eigenvalue weighted by Crippen LogP contribution is 2.25. The summed E-state index contributed by atoms with van der Waals surface area (Å²) in [4.78, 5) is 16.3. The molecule has 0 atom stereocenters. The van der Waals surface area contributed by atoms with Crippen molar-refractivity contribution in [1.29, 1.82) is 0 Å². The smallest absolute Gasteiger partial charge is 0.363 e. The number of halogens is 1. The third kappa shape index (κ3) is 3.41. The summed E-state index contributed by atoms with van der Waals surface area (Å²) in [5.41, 5.74) is 3.11. The van der Waals surface area contributed by atoms with Crippen LogP contribution in [0.2, 0.25) is 5.02 Å². The minimum atomic E-state index is -0.468. The quantitative estimate of drug-likeness (QED) is 0.571. The van der Waals surface area contributed by atoms with Gasteiger partial charge in [0.1, 0.15) is 0 Å². The molecule has 0 spiro atoms. The molecular weight excluding hydrogens is 322 g/mol. The van der Waals surface area contributed by atoms with Gasteiger partial charge in [-0.25, -0.2) is 9.79 Å². The number of carbonyl (C=O) groups is 1. The SMILES string of the molecule is CC(C)(C)c1ccc(/C=C2\N=C(c3ccccc3Cl)OC2=O)cc1. The van der Waals surface area contributed by atoms with Crippen molar-refractivity contribution in [2.45, 2.75) is 26.2 Å². The molecule has 24 heavy (non-hydrogen) atoms. The topological polar surface area (TPSA) is 38.7 Å². The maximum absolute atomic E-state index is 12.1. The van der Waals surface area contributed by atoms with Crippen molar-refractivity contribution < 1.29 is 9.53 Å². The van der Waals surface area contributed by atoms with E-state index in [1.54, 1.807) is 18.2 Å². The van der Waals surface area contributed by atoms with Crippen LogP contribution in [0.1, 0.15) is 37.5 Å². The van der Waals surface area contributed by atoms with E-state index >= 15 is 0 Å². The van der Waals surface area contributed by atoms with Crippen LogP contribution in [0.3, 0.4) is 0 Å². The van der Waals surface area contributed by atoms with Crippen molar-refractivity contribution in [3.8, 4) is 0 Å². The van der Waals surface area contributed by atoms with E-state index in [0.717, 1.165) is 5.56 Å². The molecule has 0 unspecified atom stereocenters. The summed E-state index contributed by atoms with van der Waals surface area (Å²) in [6, 6.07) is 15.2. The number of carbonyl (C=O) groups excluding carboxylic acids is 1. The van der Waals surface area contributed by atoms with Gasteiger partial charge in [0.15, 0.2) is 5.70 Å². The second-order valence-corrected chi connectivity index (χ2v) is 7.10. The molecule has 0 radical (unpaired) electrons. The summed E-state index contributed by atoms with van der Waals surface area (Å²) in [7, 11) is 0. The van der Waals surface area contributed by atoms with Crippen molar-refractivity contribution in [3.63, 3.8) is 0 Å². The van der Waals surface area contributed by atoms with Gasteiger partial charge in [0.05, 0.1) is 10.6 Å². The molecule has 0 fully saturated rings. The first-order valence-electron chi connectivity index (χ1n) is 7.72. The summed E-state index contributed by atoms with van der Waals surface area (Å²) in [6.45, 7) is 6.49. The van der Waals surface area contributed by atoms with Crippen molar-refractivity contribution in [3.05, 3.63) is 75.9 Å². The van der Waals surface area contributed by atoms with Crippen LogP contribution in [0.15, 0.2) is 59.2 Å². The second kappa shape index (κ2) is 6.25. The van der Waals surface area contributed by atoms with Crippen LogP contribution < -0.4 is 0 Å². The maximum atomic E-state index is 12.1. The number of nitrogens with zero attached hydrogens (tertiary/aromatic N) is 1. The molecule has 3 nitrogen and oxygen atoms in total. The fraction of sp³-hybridized carbons (Fsp3) is 0.200. The van der Waals surface area contributed by atoms with Crippen LogP contribution in [0, 0.1) is 0 Å². The van der Waals surface area contributed by atoms with Crippen LogP contribution in [0.5, 0.6) is 0 Å². The van der Waals surface area contributed by atoms with Crippen molar-refractivity contribution in [2.24, 2.45) is 4.99 Å². The number of aliphatic imine (C=N–C) groups is 1. The Hall–Kier alpha value is -2.39. The summed E-state index contributed by atoms with van der Waals surface area (Å²) < 4.78 is 5.25. The van der Waals surface area contributed by atoms with Gasteiger partial charge in [-0.15, -0.1) is 0 Å². The molecule has 3 rings (SSSR count). The Labute approximate surface area is 146 Å². The summed E-state index contributed by atoms with van der Waals surface area (Å²) in [6.07, 6.45) is 1.72. The summed E-state index contributed by atoms with van der Waals surface area (Å²) in [5, 5.41) is 0.500. The lowest BCUT2D eigenvalue weighted by Crippen LogP contribution is -2.10. The maximum Gasteiger partial charge on any atom is 0.363 e. The fourth-order valence-electron chi connectivity index (χ4n) is 2.40. The molecule has 122 valence electrons. The lowest BCUT2D eigenvalue weighted by atomic mass is 9.87. The van der Waals surface area contributed by atoms with E-state index < -0.39 is 5.97 Å². The molecule has 4 heteroatoms. The molecule has 0 N–H and O–H groups in total. The van der Waals surface area contributed by atoms with E-state index in [0.29, 0.717) is 10.6 Å². The minimum Gasteiger partial charge on any atom is -0.402 e. The van der Waals surface area contributed by atoms with Crippen LogP contribution in [0.25, 0.3) is 6.08 Å². The lowest BCUT2D eigenvalue weighted by molar-refractivity contribution is -0.129. The van der Waals surface area contributed by atoms with Gasteiger partial charge in [0.2, 0.25) is 5.90 Å². The van der Waals surface area contributed by atoms with Crippen LogP contribution in [-0.2, 0) is 14.9 Å². The van der Waals surface area contributed by atoms with E-state index in [-0.39, 0.29) is 17.0 Å². The number of ether oxygens (including phenoxy) is 1. The van der Waals surface area contributed by atoms with E-state index in [9.17, 15) is 4.79 Å². The van der Waals surface area contributed by atoms with Crippen molar-refractivity contribution in [1.82, 2.24) is 0 Å². The molecule has 1 aliphatic heterocycles. The normalized spacial score (nSPS) is 16.2. The predicted molar refractivity (Wildman–Crippen MR) is 97.2 cm³/mol. The van der Waals surface area contributed by atoms with E-state index in [1.807, 2.05) is 24.3 Å². The summed E-state index contributed by atoms with van der Waals surface area (Å²) in [5.74, 6) is -0.229. The Balaban J connectivity index is 1.90. The van der Waals surface area contributed by atoms with Gasteiger partial charge in [-0.05, 0) is 34.8 Å². The van der Waals surface area contributed by atoms with E-state index in [2.05, 4.69) is 37.9 Å². The number of hydrogen-bond donors (Lipinski definition) is 0. The standard InChI is InChI=1S/C20H18ClNO2/c1-20(2,3)14-10-8-13(9-11-14)12-17-19(23)24-18(22-17)15-6-4-5-7-16(15)21/h4-12H,1-3H3/b17-12-. The highest BCUT2D eigenvalue weighted by molar-refractivity contribution is 6.34. The summed E-state index contributed by atoms with van der Waals surface area (Å²) >= 11 is 6.13. The molecule has 1 heterocycles. The third-order valence-corrected chi connectivity index (χ3v) is 4.13. The van der Waals surface area contributed by atoms with Gasteiger partial charge in [-0.2, -0.15) is 0 Å². The highest BCUT2D eigenvalue weighted by Gasteiger charge is 2.25. The molecule has 0 saturated carbocycles. The van der Waals surface area contributed by atoms with Gasteiger partial charge in [-0.1, -0.05) is 68.8 Å². The predicted octanol–water partition coefficient (Wildman–Crippen LogP) is 4.98. The molecule has 0 aliphatic carbocycles. The zero-order valence-electron chi connectivity index (χ0n) is 13.8. The Morgan fingerprint density at radius 3 is 2.33 bits per heavy atom. The van der Waals surface area contributed by atoms with E-state index in [4.69, 9.17) is 16.3 Å². The van der Waals surface area contributed by atoms with Gasteiger partial charge < -0.3 is 4.74 Å². The average Bonchev–Trinajstić information content (AvgIpc) is 2.88. The number of hydrogen-bond acceptors (Lipinski definition) is 3. The van der Waals surface area contributed by atoms with Crippen LogP contribution >= 0.6 is 11.6 Å². The minimum absolute atomic E-state index is 0.0906. The highest BCUT2D eigenvalue weighted by atomic mass is 35.5. The lowest BCUT2D eigenvalue weighted by Gasteiger charge is -2.18. The second-order valence-electron chi connectivity index (χ2n) is 6.69. The zero-order valence-corrected chi connectivity index (χ0v) is 14.6. The fourth-order valence-corrected chi connectivity index (χ4v) is 2.61. The molecule has 0 bridgehead atoms. The molecule has 0 saturated heterocycles. The first-order valence-corrected chi connectivity index (χ1v) is 8.10. The number of cyclic esters (lactones) is 1. The molecule has 1 aliphatic rings. The average molecular weight is 340 g/mol. The Kier molecular flexibility index (Phi) is 4.29.